The van der Waals surface area contributed by atoms with Crippen molar-refractivity contribution in [1.82, 2.24) is 19.6 Å². The molecule has 0 radical (unpaired) electrons. The smallest absolute Gasteiger partial charge is 0.259 e. The topological polar surface area (TPSA) is 65.6 Å². The lowest BCUT2D eigenvalue weighted by Gasteiger charge is -2.63. The molecule has 0 bridgehead atoms. The number of nitrogens with zero attached hydrogens (tertiary/aromatic N) is 4. The van der Waals surface area contributed by atoms with Crippen LogP contribution in [0.3, 0.4) is 0 Å². The summed E-state index contributed by atoms with van der Waals surface area (Å²) in [4.78, 5) is 37.1. The Labute approximate surface area is 270 Å². The number of carbonyl (C=O) groups is 2. The molecule has 9 atom stereocenters. The first kappa shape index (κ1) is 32.0. The molecule has 45 heavy (non-hydrogen) atoms. The quantitative estimate of drug-likeness (QED) is 0.277. The maximum atomic E-state index is 16.6. The van der Waals surface area contributed by atoms with E-state index in [9.17, 15) is 9.59 Å². The van der Waals surface area contributed by atoms with E-state index in [1.807, 2.05) is 6.20 Å². The zero-order chi connectivity index (χ0) is 30.9. The van der Waals surface area contributed by atoms with Gasteiger partial charge in [-0.1, -0.05) is 58.3 Å². The first-order chi connectivity index (χ1) is 22.0. The van der Waals surface area contributed by atoms with Crippen LogP contribution in [0, 0.1) is 17.8 Å². The van der Waals surface area contributed by atoms with Crippen LogP contribution in [0.25, 0.3) is 0 Å². The van der Waals surface area contributed by atoms with Gasteiger partial charge in [0.05, 0.1) is 49.1 Å². The zero-order valence-corrected chi connectivity index (χ0v) is 27.6. The zero-order valence-electron chi connectivity index (χ0n) is 27.6. The van der Waals surface area contributed by atoms with Crippen LogP contribution < -0.4 is 0 Å². The third-order valence-electron chi connectivity index (χ3n) is 12.6. The first-order valence-electron chi connectivity index (χ1n) is 18.7. The third-order valence-corrected chi connectivity index (χ3v) is 12.6. The van der Waals surface area contributed by atoms with Crippen molar-refractivity contribution in [3.8, 4) is 0 Å². The van der Waals surface area contributed by atoms with Gasteiger partial charge < -0.3 is 24.2 Å². The maximum absolute atomic E-state index is 16.6. The molecule has 7 aliphatic rings. The van der Waals surface area contributed by atoms with Gasteiger partial charge in [-0.2, -0.15) is 0 Å². The summed E-state index contributed by atoms with van der Waals surface area (Å²) in [6, 6.07) is -0.370. The Balaban J connectivity index is 1.11. The highest BCUT2D eigenvalue weighted by atomic mass is 19.1. The van der Waals surface area contributed by atoms with Gasteiger partial charge in [-0.25, -0.2) is 4.39 Å². The second-order valence-electron chi connectivity index (χ2n) is 15.2. The monoisotopic (exact) mass is 628 g/mol. The molecule has 7 rings (SSSR count). The SMILES string of the molecule is CCCCCCCCN1CCN(C2C(F)CC3C(=O)C(C(=O)N4CCOCC4)=CN4C5C(CCC6CCCCC65)OC2C34)CC1. The average molecular weight is 629 g/mol. The lowest BCUT2D eigenvalue weighted by atomic mass is 9.63. The number of Topliss-reactive ketones (excluding diaryl/α,β-unsaturated/α-hetero) is 1. The normalized spacial score (nSPS) is 39.1. The van der Waals surface area contributed by atoms with Gasteiger partial charge >= 0.3 is 0 Å². The van der Waals surface area contributed by atoms with Crippen LogP contribution >= 0.6 is 0 Å². The number of fused-ring (bicyclic) bond motifs is 4. The number of alkyl halides is 1. The van der Waals surface area contributed by atoms with Crippen molar-refractivity contribution < 1.29 is 23.5 Å². The summed E-state index contributed by atoms with van der Waals surface area (Å²) in [5, 5.41) is 0. The fraction of sp³-hybridized carbons (Fsp3) is 0.889. The summed E-state index contributed by atoms with van der Waals surface area (Å²) >= 11 is 0. The van der Waals surface area contributed by atoms with Crippen molar-refractivity contribution in [1.29, 1.82) is 0 Å². The van der Waals surface area contributed by atoms with E-state index in [-0.39, 0.29) is 54.0 Å². The van der Waals surface area contributed by atoms with Crippen LogP contribution in [0.1, 0.15) is 90.4 Å². The van der Waals surface area contributed by atoms with E-state index in [1.165, 1.54) is 70.6 Å². The van der Waals surface area contributed by atoms with Gasteiger partial charge in [-0.05, 0) is 50.5 Å². The Bertz CT molecular complexity index is 1080. The van der Waals surface area contributed by atoms with Crippen LogP contribution in [0.15, 0.2) is 11.8 Å². The molecule has 3 saturated heterocycles. The van der Waals surface area contributed by atoms with Crippen molar-refractivity contribution in [2.45, 2.75) is 127 Å². The van der Waals surface area contributed by atoms with E-state index in [1.54, 1.807) is 4.90 Å². The molecule has 6 fully saturated rings. The average Bonchev–Trinajstić information content (AvgIpc) is 3.07. The standard InChI is InChI=1S/C36H57FN4O4/c1-2-3-4-5-6-9-14-38-15-17-39(18-16-38)33-29(37)23-27-32-35(33)45-30-13-12-25-10-7-8-11-26(25)31(30)41(32)24-28(34(27)42)36(43)40-19-21-44-22-20-40/h24-27,29-33,35H,2-23H2,1H3. The number of amides is 1. The molecule has 9 unspecified atom stereocenters. The Morgan fingerprint density at radius 3 is 2.44 bits per heavy atom. The molecule has 3 aliphatic carbocycles. The van der Waals surface area contributed by atoms with Crippen LogP contribution in [0.5, 0.6) is 0 Å². The molecule has 0 aromatic heterocycles. The fourth-order valence-electron chi connectivity index (χ4n) is 10.3. The van der Waals surface area contributed by atoms with Gasteiger partial charge in [0.1, 0.15) is 6.17 Å². The minimum absolute atomic E-state index is 0.0252. The number of hydrogen-bond donors (Lipinski definition) is 0. The van der Waals surface area contributed by atoms with E-state index in [0.29, 0.717) is 38.1 Å². The van der Waals surface area contributed by atoms with E-state index >= 15 is 4.39 Å². The van der Waals surface area contributed by atoms with Crippen LogP contribution in [0.2, 0.25) is 0 Å². The molecule has 0 aromatic carbocycles. The molecule has 252 valence electrons. The molecule has 8 nitrogen and oxygen atoms in total. The van der Waals surface area contributed by atoms with Crippen molar-refractivity contribution in [2.24, 2.45) is 17.8 Å². The third kappa shape index (κ3) is 6.37. The van der Waals surface area contributed by atoms with Crippen molar-refractivity contribution in [3.05, 3.63) is 11.8 Å². The van der Waals surface area contributed by atoms with Crippen molar-refractivity contribution >= 4 is 11.7 Å². The largest absolute Gasteiger partial charge is 0.378 e. The van der Waals surface area contributed by atoms with Crippen LogP contribution in [0.4, 0.5) is 4.39 Å². The van der Waals surface area contributed by atoms with Gasteiger partial charge in [0.2, 0.25) is 0 Å². The van der Waals surface area contributed by atoms with Crippen molar-refractivity contribution in [3.63, 3.8) is 0 Å². The number of rotatable bonds is 9. The van der Waals surface area contributed by atoms with Gasteiger partial charge in [-0.15, -0.1) is 0 Å². The second-order valence-corrected chi connectivity index (χ2v) is 15.2. The van der Waals surface area contributed by atoms with Gasteiger partial charge in [0, 0.05) is 51.4 Å². The molecular weight excluding hydrogens is 571 g/mol. The maximum Gasteiger partial charge on any atom is 0.259 e. The molecule has 4 aliphatic heterocycles. The number of piperazine rings is 1. The molecule has 1 amide bonds. The summed E-state index contributed by atoms with van der Waals surface area (Å²) in [7, 11) is 0. The van der Waals surface area contributed by atoms with E-state index < -0.39 is 12.1 Å². The van der Waals surface area contributed by atoms with E-state index in [0.717, 1.165) is 39.1 Å². The lowest BCUT2D eigenvalue weighted by Crippen LogP contribution is -2.75. The molecular formula is C36H57FN4O4. The number of ketones is 1. The van der Waals surface area contributed by atoms with Gasteiger partial charge in [-0.3, -0.25) is 14.5 Å². The number of ether oxygens (including phenoxy) is 2. The second kappa shape index (κ2) is 14.3. The summed E-state index contributed by atoms with van der Waals surface area (Å²) in [6.07, 6.45) is 15.6. The Kier molecular flexibility index (Phi) is 10.2. The first-order valence-corrected chi connectivity index (χ1v) is 18.7. The Morgan fingerprint density at radius 1 is 0.889 bits per heavy atom. The number of carbonyl (C=O) groups excluding carboxylic acids is 2. The van der Waals surface area contributed by atoms with Crippen LogP contribution in [-0.4, -0.2) is 127 Å². The van der Waals surface area contributed by atoms with Gasteiger partial charge in [0.25, 0.3) is 5.91 Å². The number of morpholine rings is 2. The Morgan fingerprint density at radius 2 is 1.64 bits per heavy atom. The predicted octanol–water partition coefficient (Wildman–Crippen LogP) is 4.42. The predicted molar refractivity (Wildman–Crippen MR) is 171 cm³/mol. The number of halogens is 1. The van der Waals surface area contributed by atoms with Gasteiger partial charge in [0.15, 0.2) is 5.78 Å². The summed E-state index contributed by atoms with van der Waals surface area (Å²) in [5.74, 6) is 0.286. The minimum Gasteiger partial charge on any atom is -0.378 e. The Hall–Kier alpha value is -1.55. The molecule has 0 spiro atoms. The highest BCUT2D eigenvalue weighted by molar-refractivity contribution is 6.20. The highest BCUT2D eigenvalue weighted by Gasteiger charge is 2.61. The molecule has 3 saturated carbocycles. The molecule has 0 N–H and O–H groups in total. The molecule has 4 heterocycles. The lowest BCUT2D eigenvalue weighted by molar-refractivity contribution is -0.228. The van der Waals surface area contributed by atoms with Crippen LogP contribution in [-0.2, 0) is 19.1 Å². The van der Waals surface area contributed by atoms with E-state index in [4.69, 9.17) is 9.47 Å². The minimum atomic E-state index is -1.15. The molecule has 0 aromatic rings. The summed E-state index contributed by atoms with van der Waals surface area (Å²) < 4.78 is 29.1. The number of hydrogen-bond acceptors (Lipinski definition) is 7. The highest BCUT2D eigenvalue weighted by Crippen LogP contribution is 2.51. The summed E-state index contributed by atoms with van der Waals surface area (Å²) in [6.45, 7) is 9.01. The fourth-order valence-corrected chi connectivity index (χ4v) is 10.3. The van der Waals surface area contributed by atoms with Crippen molar-refractivity contribution in [2.75, 3.05) is 59.0 Å². The summed E-state index contributed by atoms with van der Waals surface area (Å²) in [5.41, 5.74) is 0.268. The number of unbranched alkanes of at least 4 members (excludes halogenated alkanes) is 5. The van der Waals surface area contributed by atoms with E-state index in [2.05, 4.69) is 21.6 Å². The molecule has 9 heteroatoms.